The van der Waals surface area contributed by atoms with Crippen molar-refractivity contribution in [2.24, 2.45) is 5.92 Å². The van der Waals surface area contributed by atoms with Crippen LogP contribution in [0.3, 0.4) is 0 Å². The highest BCUT2D eigenvalue weighted by Gasteiger charge is 2.28. The van der Waals surface area contributed by atoms with Crippen molar-refractivity contribution in [2.75, 3.05) is 6.67 Å². The van der Waals surface area contributed by atoms with E-state index < -0.39 is 43.5 Å². The third-order valence-electron chi connectivity index (χ3n) is 1.51. The van der Waals surface area contributed by atoms with Gasteiger partial charge in [0.1, 0.15) is 6.17 Å². The Hall–Kier alpha value is -1.20. The number of alkyl halides is 2. The second-order valence-corrected chi connectivity index (χ2v) is 2.54. The summed E-state index contributed by atoms with van der Waals surface area (Å²) in [7, 11) is 0. The largest absolute Gasteiger partial charge is 0.481 e. The van der Waals surface area contributed by atoms with E-state index in [0.29, 0.717) is 0 Å². The van der Waals surface area contributed by atoms with Gasteiger partial charge in [0.15, 0.2) is 5.92 Å². The quantitative estimate of drug-likeness (QED) is 0.618. The summed E-state index contributed by atoms with van der Waals surface area (Å²) in [5, 5.41) is 16.6. The van der Waals surface area contributed by atoms with E-state index in [1.54, 1.807) is 0 Å². The molecular weight excluding hydrogens is 186 g/mol. The van der Waals surface area contributed by atoms with E-state index in [2.05, 4.69) is 0 Å². The van der Waals surface area contributed by atoms with Crippen LogP contribution in [0, 0.1) is 5.92 Å². The average molecular weight is 196 g/mol. The predicted octanol–water partition coefficient (Wildman–Crippen LogP) is 0.860. The number of carbonyl (C=O) groups is 2. The Labute approximate surface area is 73.2 Å². The van der Waals surface area contributed by atoms with Crippen molar-refractivity contribution in [3.8, 4) is 0 Å². The SMILES string of the molecule is O=C(O)C(CC(F)CCF)C(=O)O. The van der Waals surface area contributed by atoms with Crippen LogP contribution in [-0.4, -0.2) is 35.0 Å². The first kappa shape index (κ1) is 11.8. The smallest absolute Gasteiger partial charge is 0.317 e. The first-order valence-corrected chi connectivity index (χ1v) is 3.64. The average Bonchev–Trinajstić information content (AvgIpc) is 1.99. The van der Waals surface area contributed by atoms with Crippen molar-refractivity contribution in [2.45, 2.75) is 19.0 Å². The lowest BCUT2D eigenvalue weighted by atomic mass is 10.0. The van der Waals surface area contributed by atoms with E-state index in [4.69, 9.17) is 10.2 Å². The highest BCUT2D eigenvalue weighted by molar-refractivity contribution is 5.92. The summed E-state index contributed by atoms with van der Waals surface area (Å²) in [6, 6.07) is 0. The van der Waals surface area contributed by atoms with E-state index in [9.17, 15) is 18.4 Å². The van der Waals surface area contributed by atoms with Crippen LogP contribution in [0.4, 0.5) is 8.78 Å². The van der Waals surface area contributed by atoms with Crippen LogP contribution < -0.4 is 0 Å². The summed E-state index contributed by atoms with van der Waals surface area (Å²) in [6.07, 6.45) is -2.87. The molecule has 0 aromatic carbocycles. The monoisotopic (exact) mass is 196 g/mol. The molecule has 4 nitrogen and oxygen atoms in total. The fourth-order valence-electron chi connectivity index (χ4n) is 0.799. The van der Waals surface area contributed by atoms with Gasteiger partial charge < -0.3 is 10.2 Å². The molecule has 1 unspecified atom stereocenters. The Bertz CT molecular complexity index is 181. The van der Waals surface area contributed by atoms with Crippen LogP contribution >= 0.6 is 0 Å². The molecule has 0 heterocycles. The van der Waals surface area contributed by atoms with E-state index in [1.807, 2.05) is 0 Å². The lowest BCUT2D eigenvalue weighted by Gasteiger charge is -2.09. The highest BCUT2D eigenvalue weighted by Crippen LogP contribution is 2.13. The Morgan fingerprint density at radius 1 is 1.23 bits per heavy atom. The van der Waals surface area contributed by atoms with Crippen molar-refractivity contribution >= 4 is 11.9 Å². The van der Waals surface area contributed by atoms with Gasteiger partial charge in [-0.1, -0.05) is 0 Å². The molecule has 0 saturated carbocycles. The summed E-state index contributed by atoms with van der Waals surface area (Å²) in [5.74, 6) is -5.00. The summed E-state index contributed by atoms with van der Waals surface area (Å²) in [6.45, 7) is -0.923. The molecule has 0 aliphatic heterocycles. The highest BCUT2D eigenvalue weighted by atomic mass is 19.1. The number of carboxylic acids is 2. The Morgan fingerprint density at radius 3 is 2.00 bits per heavy atom. The molecule has 0 amide bonds. The number of halogens is 2. The number of hydrogen-bond donors (Lipinski definition) is 2. The van der Waals surface area contributed by atoms with Crippen molar-refractivity contribution in [1.29, 1.82) is 0 Å². The number of hydrogen-bond acceptors (Lipinski definition) is 2. The minimum absolute atomic E-state index is 0.461. The minimum Gasteiger partial charge on any atom is -0.481 e. The molecule has 0 aromatic rings. The molecule has 0 bridgehead atoms. The Kier molecular flexibility index (Phi) is 4.94. The molecule has 0 saturated heterocycles. The third kappa shape index (κ3) is 4.39. The standard InChI is InChI=1S/C7H10F2O4/c8-2-1-4(9)3-5(6(10)11)7(12)13/h4-5H,1-3H2,(H,10,11)(H,12,13). The number of carboxylic acid groups (broad SMARTS) is 2. The van der Waals surface area contributed by atoms with E-state index in [0.717, 1.165) is 0 Å². The first-order chi connectivity index (χ1) is 5.99. The van der Waals surface area contributed by atoms with Gasteiger partial charge in [-0.15, -0.1) is 0 Å². The molecule has 0 radical (unpaired) electrons. The third-order valence-corrected chi connectivity index (χ3v) is 1.51. The van der Waals surface area contributed by atoms with Crippen LogP contribution in [-0.2, 0) is 9.59 Å². The molecular formula is C7H10F2O4. The minimum atomic E-state index is -1.79. The summed E-state index contributed by atoms with van der Waals surface area (Å²) in [5.41, 5.74) is 0. The van der Waals surface area contributed by atoms with Gasteiger partial charge >= 0.3 is 11.9 Å². The van der Waals surface area contributed by atoms with Crippen molar-refractivity contribution in [1.82, 2.24) is 0 Å². The van der Waals surface area contributed by atoms with Gasteiger partial charge in [0.2, 0.25) is 0 Å². The van der Waals surface area contributed by atoms with Crippen LogP contribution in [0.2, 0.25) is 0 Å². The van der Waals surface area contributed by atoms with Gasteiger partial charge in [0.25, 0.3) is 0 Å². The normalized spacial score (nSPS) is 12.8. The zero-order valence-corrected chi connectivity index (χ0v) is 6.74. The van der Waals surface area contributed by atoms with E-state index in [1.165, 1.54) is 0 Å². The molecule has 0 fully saturated rings. The predicted molar refractivity (Wildman–Crippen MR) is 38.9 cm³/mol. The second kappa shape index (κ2) is 5.45. The van der Waals surface area contributed by atoms with Gasteiger partial charge in [-0.3, -0.25) is 14.0 Å². The molecule has 76 valence electrons. The van der Waals surface area contributed by atoms with Gasteiger partial charge in [-0.2, -0.15) is 0 Å². The van der Waals surface area contributed by atoms with Crippen LogP contribution in [0.1, 0.15) is 12.8 Å². The lowest BCUT2D eigenvalue weighted by molar-refractivity contribution is -0.155. The molecule has 13 heavy (non-hydrogen) atoms. The maximum absolute atomic E-state index is 12.6. The second-order valence-electron chi connectivity index (χ2n) is 2.54. The zero-order chi connectivity index (χ0) is 10.4. The van der Waals surface area contributed by atoms with E-state index >= 15 is 0 Å². The molecule has 6 heteroatoms. The summed E-state index contributed by atoms with van der Waals surface area (Å²) < 4.78 is 24.2. The van der Waals surface area contributed by atoms with Gasteiger partial charge in [-0.05, 0) is 0 Å². The molecule has 0 aromatic heterocycles. The van der Waals surface area contributed by atoms with Crippen LogP contribution in [0.5, 0.6) is 0 Å². The Balaban J connectivity index is 4.10. The van der Waals surface area contributed by atoms with Crippen molar-refractivity contribution in [3.63, 3.8) is 0 Å². The molecule has 0 aliphatic carbocycles. The fraction of sp³-hybridized carbons (Fsp3) is 0.714. The lowest BCUT2D eigenvalue weighted by Crippen LogP contribution is -2.26. The van der Waals surface area contributed by atoms with Crippen molar-refractivity contribution in [3.05, 3.63) is 0 Å². The van der Waals surface area contributed by atoms with Crippen LogP contribution in [0.25, 0.3) is 0 Å². The Morgan fingerprint density at radius 2 is 1.69 bits per heavy atom. The fourth-order valence-corrected chi connectivity index (χ4v) is 0.799. The molecule has 2 N–H and O–H groups in total. The van der Waals surface area contributed by atoms with Crippen LogP contribution in [0.15, 0.2) is 0 Å². The maximum Gasteiger partial charge on any atom is 0.317 e. The molecule has 0 aliphatic rings. The summed E-state index contributed by atoms with van der Waals surface area (Å²) >= 11 is 0. The van der Waals surface area contributed by atoms with Gasteiger partial charge in [0, 0.05) is 12.8 Å². The summed E-state index contributed by atoms with van der Waals surface area (Å²) in [4.78, 5) is 20.5. The topological polar surface area (TPSA) is 74.6 Å². The number of aliphatic carboxylic acids is 2. The van der Waals surface area contributed by atoms with E-state index in [-0.39, 0.29) is 0 Å². The molecule has 0 rings (SSSR count). The number of rotatable bonds is 6. The van der Waals surface area contributed by atoms with Gasteiger partial charge in [-0.25, -0.2) is 4.39 Å². The first-order valence-electron chi connectivity index (χ1n) is 3.64. The van der Waals surface area contributed by atoms with Gasteiger partial charge in [0.05, 0.1) is 6.67 Å². The zero-order valence-electron chi connectivity index (χ0n) is 6.74. The molecule has 0 spiro atoms. The van der Waals surface area contributed by atoms with Crippen molar-refractivity contribution < 1.29 is 28.6 Å². The maximum atomic E-state index is 12.6. The molecule has 1 atom stereocenters.